The molecule has 5 nitrogen and oxygen atoms in total. The molecule has 0 bridgehead atoms. The molecule has 0 atom stereocenters. The summed E-state index contributed by atoms with van der Waals surface area (Å²) in [6, 6.07) is 10.8. The fourth-order valence-corrected chi connectivity index (χ4v) is 4.04. The van der Waals surface area contributed by atoms with Crippen LogP contribution in [-0.2, 0) is 0 Å². The van der Waals surface area contributed by atoms with Crippen LogP contribution in [0, 0.1) is 0 Å². The molecule has 138 valence electrons. The van der Waals surface area contributed by atoms with E-state index >= 15 is 0 Å². The summed E-state index contributed by atoms with van der Waals surface area (Å²) in [7, 11) is 0. The molecule has 3 rings (SSSR count). The lowest BCUT2D eigenvalue weighted by Gasteiger charge is -2.20. The number of nitrogens with two attached hydrogens (primary N) is 1. The summed E-state index contributed by atoms with van der Waals surface area (Å²) in [5.41, 5.74) is 6.94. The molecule has 1 fully saturated rings. The van der Waals surface area contributed by atoms with Gasteiger partial charge in [-0.15, -0.1) is 11.3 Å². The molecular formula is C20H25N3O2S. The maximum atomic E-state index is 12.5. The van der Waals surface area contributed by atoms with E-state index in [2.05, 4.69) is 10.6 Å². The molecule has 1 aliphatic rings. The molecule has 4 N–H and O–H groups in total. The molecule has 1 aliphatic carbocycles. The van der Waals surface area contributed by atoms with E-state index in [1.165, 1.54) is 43.4 Å². The number of carbonyl (C=O) groups is 2. The van der Waals surface area contributed by atoms with Crippen molar-refractivity contribution >= 4 is 34.5 Å². The van der Waals surface area contributed by atoms with Crippen LogP contribution in [0.4, 0.5) is 11.4 Å². The minimum atomic E-state index is -0.252. The lowest BCUT2D eigenvalue weighted by atomic mass is 9.97. The number of nitrogen functional groups attached to an aromatic ring is 1. The van der Waals surface area contributed by atoms with Crippen molar-refractivity contribution in [3.63, 3.8) is 0 Å². The maximum absolute atomic E-state index is 12.5. The van der Waals surface area contributed by atoms with E-state index in [1.54, 1.807) is 24.3 Å². The first-order valence-electron chi connectivity index (χ1n) is 9.20. The quantitative estimate of drug-likeness (QED) is 0.695. The van der Waals surface area contributed by atoms with Crippen molar-refractivity contribution < 1.29 is 9.59 Å². The summed E-state index contributed by atoms with van der Waals surface area (Å²) in [6.07, 6.45) is 8.21. The van der Waals surface area contributed by atoms with E-state index in [0.717, 1.165) is 12.8 Å². The number of thiophene rings is 1. The summed E-state index contributed by atoms with van der Waals surface area (Å²) in [4.78, 5) is 26.0. The Morgan fingerprint density at radius 3 is 2.19 bits per heavy atom. The van der Waals surface area contributed by atoms with Crippen LogP contribution in [0.15, 0.2) is 36.4 Å². The van der Waals surface area contributed by atoms with Gasteiger partial charge in [0.25, 0.3) is 11.8 Å². The second-order valence-electron chi connectivity index (χ2n) is 6.72. The van der Waals surface area contributed by atoms with E-state index in [4.69, 9.17) is 5.73 Å². The Morgan fingerprint density at radius 1 is 0.885 bits per heavy atom. The van der Waals surface area contributed by atoms with Gasteiger partial charge in [0.15, 0.2) is 0 Å². The highest BCUT2D eigenvalue weighted by atomic mass is 32.1. The molecule has 1 aromatic carbocycles. The number of para-hydroxylation sites is 2. The molecular weight excluding hydrogens is 346 g/mol. The molecule has 2 amide bonds. The number of carbonyl (C=O) groups excluding carboxylic acids is 2. The van der Waals surface area contributed by atoms with Gasteiger partial charge in [0, 0.05) is 6.04 Å². The van der Waals surface area contributed by atoms with Gasteiger partial charge in [-0.25, -0.2) is 0 Å². The maximum Gasteiger partial charge on any atom is 0.265 e. The van der Waals surface area contributed by atoms with Gasteiger partial charge in [-0.2, -0.15) is 0 Å². The summed E-state index contributed by atoms with van der Waals surface area (Å²) < 4.78 is 0. The van der Waals surface area contributed by atoms with Crippen LogP contribution in [0.5, 0.6) is 0 Å². The van der Waals surface area contributed by atoms with Gasteiger partial charge < -0.3 is 16.4 Å². The lowest BCUT2D eigenvalue weighted by molar-refractivity contribution is 0.0934. The molecule has 6 heteroatoms. The van der Waals surface area contributed by atoms with Crippen molar-refractivity contribution in [3.8, 4) is 0 Å². The first-order valence-corrected chi connectivity index (χ1v) is 10.0. The second-order valence-corrected chi connectivity index (χ2v) is 7.80. The zero-order valence-electron chi connectivity index (χ0n) is 14.8. The Balaban J connectivity index is 1.60. The fraction of sp³-hybridized carbons (Fsp3) is 0.400. The normalized spacial score (nSPS) is 15.7. The Kier molecular flexibility index (Phi) is 6.28. The number of rotatable bonds is 4. The predicted molar refractivity (Wildman–Crippen MR) is 107 cm³/mol. The van der Waals surface area contributed by atoms with E-state index < -0.39 is 0 Å². The third kappa shape index (κ3) is 4.85. The first-order chi connectivity index (χ1) is 12.6. The van der Waals surface area contributed by atoms with E-state index in [0.29, 0.717) is 21.1 Å². The highest BCUT2D eigenvalue weighted by molar-refractivity contribution is 7.16. The Morgan fingerprint density at radius 2 is 1.50 bits per heavy atom. The van der Waals surface area contributed by atoms with Gasteiger partial charge in [0.2, 0.25) is 0 Å². The summed E-state index contributed by atoms with van der Waals surface area (Å²) >= 11 is 1.21. The molecule has 1 saturated carbocycles. The van der Waals surface area contributed by atoms with Crippen molar-refractivity contribution in [1.29, 1.82) is 0 Å². The van der Waals surface area contributed by atoms with Crippen LogP contribution in [0.2, 0.25) is 0 Å². The van der Waals surface area contributed by atoms with Gasteiger partial charge in [0.05, 0.1) is 21.1 Å². The molecule has 0 unspecified atom stereocenters. The standard InChI is InChI=1S/C20H25N3O2S/c21-15-10-6-7-11-16(15)23-20(25)18-13-12-17(26-18)19(24)22-14-8-4-2-1-3-5-9-14/h6-7,10-14H,1-5,8-9,21H2,(H,22,24)(H,23,25). The summed E-state index contributed by atoms with van der Waals surface area (Å²) in [5, 5.41) is 5.92. The molecule has 1 aromatic heterocycles. The molecule has 0 aliphatic heterocycles. The molecule has 0 radical (unpaired) electrons. The van der Waals surface area contributed by atoms with Crippen molar-refractivity contribution in [2.45, 2.75) is 51.0 Å². The second kappa shape index (κ2) is 8.85. The first kappa shape index (κ1) is 18.5. The zero-order valence-corrected chi connectivity index (χ0v) is 15.6. The smallest absolute Gasteiger partial charge is 0.265 e. The van der Waals surface area contributed by atoms with E-state index in [9.17, 15) is 9.59 Å². The minimum Gasteiger partial charge on any atom is -0.397 e. The van der Waals surface area contributed by atoms with Crippen LogP contribution in [0.25, 0.3) is 0 Å². The number of anilines is 2. The van der Waals surface area contributed by atoms with E-state index in [-0.39, 0.29) is 17.9 Å². The van der Waals surface area contributed by atoms with Gasteiger partial charge >= 0.3 is 0 Å². The van der Waals surface area contributed by atoms with Gasteiger partial charge in [-0.3, -0.25) is 9.59 Å². The predicted octanol–water partition coefficient (Wildman–Crippen LogP) is 4.43. The largest absolute Gasteiger partial charge is 0.397 e. The highest BCUT2D eigenvalue weighted by Gasteiger charge is 2.18. The topological polar surface area (TPSA) is 84.2 Å². The molecule has 0 spiro atoms. The minimum absolute atomic E-state index is 0.0844. The number of nitrogens with one attached hydrogen (secondary N) is 2. The highest BCUT2D eigenvalue weighted by Crippen LogP contribution is 2.22. The summed E-state index contributed by atoms with van der Waals surface area (Å²) in [5.74, 6) is -0.336. The lowest BCUT2D eigenvalue weighted by Crippen LogP contribution is -2.34. The van der Waals surface area contributed by atoms with E-state index in [1.807, 2.05) is 12.1 Å². The SMILES string of the molecule is Nc1ccccc1NC(=O)c1ccc(C(=O)NC2CCCCCCC2)s1. The van der Waals surface area contributed by atoms with Crippen LogP contribution in [0.1, 0.15) is 64.3 Å². The summed E-state index contributed by atoms with van der Waals surface area (Å²) in [6.45, 7) is 0. The van der Waals surface area contributed by atoms with Gasteiger partial charge in [0.1, 0.15) is 0 Å². The molecule has 1 heterocycles. The zero-order chi connectivity index (χ0) is 18.4. The average Bonchev–Trinajstić information content (AvgIpc) is 3.09. The number of hydrogen-bond acceptors (Lipinski definition) is 4. The van der Waals surface area contributed by atoms with Crippen LogP contribution < -0.4 is 16.4 Å². The van der Waals surface area contributed by atoms with Crippen molar-refractivity contribution in [1.82, 2.24) is 5.32 Å². The Hall–Kier alpha value is -2.34. The number of benzene rings is 1. The van der Waals surface area contributed by atoms with Crippen LogP contribution in [-0.4, -0.2) is 17.9 Å². The molecule has 2 aromatic rings. The Bertz CT molecular complexity index is 764. The van der Waals surface area contributed by atoms with Crippen molar-refractivity contribution in [3.05, 3.63) is 46.2 Å². The Labute approximate surface area is 158 Å². The fourth-order valence-electron chi connectivity index (χ4n) is 3.23. The number of hydrogen-bond donors (Lipinski definition) is 3. The monoisotopic (exact) mass is 371 g/mol. The van der Waals surface area contributed by atoms with Crippen LogP contribution in [0.3, 0.4) is 0 Å². The molecule has 0 saturated heterocycles. The van der Waals surface area contributed by atoms with Crippen molar-refractivity contribution in [2.75, 3.05) is 11.1 Å². The number of amides is 2. The van der Waals surface area contributed by atoms with Crippen LogP contribution >= 0.6 is 11.3 Å². The van der Waals surface area contributed by atoms with Crippen molar-refractivity contribution in [2.24, 2.45) is 0 Å². The molecule has 26 heavy (non-hydrogen) atoms. The third-order valence-corrected chi connectivity index (χ3v) is 5.79. The average molecular weight is 372 g/mol. The third-order valence-electron chi connectivity index (χ3n) is 4.70. The van der Waals surface area contributed by atoms with Gasteiger partial charge in [-0.1, -0.05) is 44.2 Å². The van der Waals surface area contributed by atoms with Gasteiger partial charge in [-0.05, 0) is 37.1 Å².